The van der Waals surface area contributed by atoms with Gasteiger partial charge in [-0.25, -0.2) is 9.67 Å². The Hall–Kier alpha value is -2.96. The van der Waals surface area contributed by atoms with E-state index in [1.165, 1.54) is 34.3 Å². The van der Waals surface area contributed by atoms with Crippen molar-refractivity contribution in [1.29, 1.82) is 0 Å². The predicted molar refractivity (Wildman–Crippen MR) is 151 cm³/mol. The lowest BCUT2D eigenvalue weighted by Gasteiger charge is -2.26. The normalized spacial score (nSPS) is 11.3. The van der Waals surface area contributed by atoms with Crippen molar-refractivity contribution < 1.29 is 19.1 Å². The van der Waals surface area contributed by atoms with Gasteiger partial charge in [0.2, 0.25) is 5.88 Å². The Morgan fingerprint density at radius 1 is 1.18 bits per heavy atom. The average Bonchev–Trinajstić information content (AvgIpc) is 3.51. The lowest BCUT2D eigenvalue weighted by Crippen LogP contribution is -2.47. The monoisotopic (exact) mass is 637 g/mol. The van der Waals surface area contributed by atoms with Crippen LogP contribution in [0.1, 0.15) is 34.7 Å². The van der Waals surface area contributed by atoms with E-state index in [0.29, 0.717) is 15.2 Å². The Bertz CT molecular complexity index is 1480. The number of thiophene rings is 1. The molecule has 0 atom stereocenters. The molecule has 1 aromatic carbocycles. The Morgan fingerprint density at radius 2 is 1.97 bits per heavy atom. The molecule has 0 saturated heterocycles. The van der Waals surface area contributed by atoms with E-state index in [0.717, 1.165) is 0 Å². The standard InChI is InChI=1S/C25H22BrCl2N5O4S/c1-25(2,13-36-3)31-23(34)16-9-14(27)10-17(26)21(16)30-24(35)19-11-20(37-15-6-8-38-12-15)32-33(19)22-18(28)5-4-7-29-22/h4-12H,13H2,1-3H3,(H,30,35)(H,31,34). The number of carbonyl (C=O) groups is 2. The van der Waals surface area contributed by atoms with Crippen LogP contribution in [-0.2, 0) is 4.74 Å². The molecular formula is C25H22BrCl2N5O4S. The second kappa shape index (κ2) is 11.8. The third-order valence-electron chi connectivity index (χ3n) is 5.07. The Labute approximate surface area is 241 Å². The first-order valence-corrected chi connectivity index (χ1v) is 13.6. The summed E-state index contributed by atoms with van der Waals surface area (Å²) in [6.45, 7) is 3.91. The molecule has 0 radical (unpaired) electrons. The van der Waals surface area contributed by atoms with E-state index < -0.39 is 17.4 Å². The molecular weight excluding hydrogens is 617 g/mol. The van der Waals surface area contributed by atoms with Crippen molar-refractivity contribution in [2.24, 2.45) is 0 Å². The van der Waals surface area contributed by atoms with Gasteiger partial charge in [-0.2, -0.15) is 0 Å². The summed E-state index contributed by atoms with van der Waals surface area (Å²) in [7, 11) is 1.54. The molecule has 0 aliphatic heterocycles. The lowest BCUT2D eigenvalue weighted by molar-refractivity contribution is 0.0820. The molecule has 38 heavy (non-hydrogen) atoms. The number of hydrogen-bond donors (Lipinski definition) is 2. The largest absolute Gasteiger partial charge is 0.437 e. The second-order valence-electron chi connectivity index (χ2n) is 8.68. The fourth-order valence-electron chi connectivity index (χ4n) is 3.53. The molecule has 0 aliphatic carbocycles. The van der Waals surface area contributed by atoms with Crippen molar-refractivity contribution in [2.75, 3.05) is 19.0 Å². The van der Waals surface area contributed by atoms with E-state index in [1.807, 2.05) is 19.2 Å². The first-order valence-electron chi connectivity index (χ1n) is 11.1. The fourth-order valence-corrected chi connectivity index (χ4v) is 5.19. The first-order chi connectivity index (χ1) is 18.1. The highest BCUT2D eigenvalue weighted by Gasteiger charge is 2.27. The molecule has 4 aromatic rings. The zero-order valence-corrected chi connectivity index (χ0v) is 24.3. The van der Waals surface area contributed by atoms with Crippen molar-refractivity contribution >= 4 is 68.0 Å². The minimum Gasteiger partial charge on any atom is -0.437 e. The van der Waals surface area contributed by atoms with Crippen LogP contribution >= 0.6 is 50.5 Å². The van der Waals surface area contributed by atoms with Crippen LogP contribution in [0.25, 0.3) is 5.82 Å². The van der Waals surface area contributed by atoms with Crippen LogP contribution < -0.4 is 15.4 Å². The number of amides is 2. The van der Waals surface area contributed by atoms with Crippen LogP contribution in [0.4, 0.5) is 5.69 Å². The van der Waals surface area contributed by atoms with Crippen molar-refractivity contribution in [2.45, 2.75) is 19.4 Å². The minimum atomic E-state index is -0.676. The smallest absolute Gasteiger partial charge is 0.274 e. The average molecular weight is 639 g/mol. The molecule has 2 amide bonds. The Balaban J connectivity index is 1.72. The van der Waals surface area contributed by atoms with Crippen LogP contribution in [0.15, 0.2) is 57.8 Å². The highest BCUT2D eigenvalue weighted by molar-refractivity contribution is 9.10. The number of benzene rings is 1. The van der Waals surface area contributed by atoms with Gasteiger partial charge in [0.15, 0.2) is 5.82 Å². The van der Waals surface area contributed by atoms with Gasteiger partial charge in [-0.15, -0.1) is 16.4 Å². The maximum absolute atomic E-state index is 13.6. The highest BCUT2D eigenvalue weighted by Crippen LogP contribution is 2.33. The van der Waals surface area contributed by atoms with Gasteiger partial charge in [0.25, 0.3) is 11.8 Å². The molecule has 9 nitrogen and oxygen atoms in total. The number of ether oxygens (including phenoxy) is 2. The fraction of sp³-hybridized carbons (Fsp3) is 0.200. The van der Waals surface area contributed by atoms with Crippen molar-refractivity contribution in [3.8, 4) is 17.4 Å². The Morgan fingerprint density at radius 3 is 2.66 bits per heavy atom. The molecule has 0 saturated carbocycles. The summed E-state index contributed by atoms with van der Waals surface area (Å²) in [4.78, 5) is 31.1. The molecule has 0 fully saturated rings. The van der Waals surface area contributed by atoms with E-state index in [-0.39, 0.29) is 40.3 Å². The molecule has 198 valence electrons. The quantitative estimate of drug-likeness (QED) is 0.214. The number of rotatable bonds is 9. The summed E-state index contributed by atoms with van der Waals surface area (Å²) in [6, 6.07) is 9.58. The molecule has 2 N–H and O–H groups in total. The molecule has 0 spiro atoms. The Kier molecular flexibility index (Phi) is 8.74. The number of carbonyl (C=O) groups excluding carboxylic acids is 2. The number of nitrogens with zero attached hydrogens (tertiary/aromatic N) is 3. The van der Waals surface area contributed by atoms with Crippen molar-refractivity contribution in [3.05, 3.63) is 79.1 Å². The summed E-state index contributed by atoms with van der Waals surface area (Å²) in [5, 5.41) is 14.3. The predicted octanol–water partition coefficient (Wildman–Crippen LogP) is 6.60. The van der Waals surface area contributed by atoms with Crippen LogP contribution in [0.5, 0.6) is 11.6 Å². The number of nitrogens with one attached hydrogen (secondary N) is 2. The zero-order valence-electron chi connectivity index (χ0n) is 20.4. The van der Waals surface area contributed by atoms with Gasteiger partial charge in [-0.3, -0.25) is 9.59 Å². The molecule has 3 heterocycles. The molecule has 0 aliphatic rings. The third-order valence-corrected chi connectivity index (χ3v) is 6.87. The van der Waals surface area contributed by atoms with Gasteiger partial charge in [0.1, 0.15) is 11.4 Å². The molecule has 13 heteroatoms. The SMILES string of the molecule is COCC(C)(C)NC(=O)c1cc(Cl)cc(Br)c1NC(=O)c1cc(Oc2ccsc2)nn1-c1ncccc1Cl. The second-order valence-corrected chi connectivity index (χ2v) is 11.2. The number of halogens is 3. The zero-order chi connectivity index (χ0) is 27.4. The summed E-state index contributed by atoms with van der Waals surface area (Å²) in [5.41, 5.74) is -0.239. The highest BCUT2D eigenvalue weighted by atomic mass is 79.9. The lowest BCUT2D eigenvalue weighted by atomic mass is 10.1. The van der Waals surface area contributed by atoms with Gasteiger partial charge in [0, 0.05) is 34.2 Å². The first kappa shape index (κ1) is 28.1. The van der Waals surface area contributed by atoms with Crippen LogP contribution in [0.2, 0.25) is 10.0 Å². The summed E-state index contributed by atoms with van der Waals surface area (Å²) in [5.74, 6) is -0.0867. The van der Waals surface area contributed by atoms with Crippen LogP contribution in [0.3, 0.4) is 0 Å². The van der Waals surface area contributed by atoms with E-state index >= 15 is 0 Å². The molecule has 3 aromatic heterocycles. The number of pyridine rings is 1. The molecule has 0 bridgehead atoms. The van der Waals surface area contributed by atoms with Gasteiger partial charge < -0.3 is 20.1 Å². The summed E-state index contributed by atoms with van der Waals surface area (Å²) in [6.07, 6.45) is 1.53. The van der Waals surface area contributed by atoms with Crippen molar-refractivity contribution in [3.63, 3.8) is 0 Å². The van der Waals surface area contributed by atoms with Gasteiger partial charge in [0.05, 0.1) is 28.4 Å². The van der Waals surface area contributed by atoms with E-state index in [9.17, 15) is 9.59 Å². The van der Waals surface area contributed by atoms with Gasteiger partial charge in [-0.1, -0.05) is 23.2 Å². The molecule has 0 unspecified atom stereocenters. The van der Waals surface area contributed by atoms with Crippen LogP contribution in [-0.4, -0.2) is 45.8 Å². The number of anilines is 1. The summed E-state index contributed by atoms with van der Waals surface area (Å²) < 4.78 is 12.7. The maximum atomic E-state index is 13.6. The van der Waals surface area contributed by atoms with Gasteiger partial charge >= 0.3 is 0 Å². The van der Waals surface area contributed by atoms with Crippen molar-refractivity contribution in [1.82, 2.24) is 20.1 Å². The topological polar surface area (TPSA) is 107 Å². The number of methoxy groups -OCH3 is 1. The van der Waals surface area contributed by atoms with E-state index in [2.05, 4.69) is 36.6 Å². The third kappa shape index (κ3) is 6.54. The number of aromatic nitrogens is 3. The minimum absolute atomic E-state index is 0.0729. The van der Waals surface area contributed by atoms with E-state index in [1.54, 1.807) is 36.8 Å². The maximum Gasteiger partial charge on any atom is 0.274 e. The molecule has 4 rings (SSSR count). The summed E-state index contributed by atoms with van der Waals surface area (Å²) >= 11 is 17.5. The van der Waals surface area contributed by atoms with Crippen LogP contribution in [0, 0.1) is 0 Å². The van der Waals surface area contributed by atoms with Gasteiger partial charge in [-0.05, 0) is 65.5 Å². The van der Waals surface area contributed by atoms with E-state index in [4.69, 9.17) is 32.7 Å². The number of hydrogen-bond acceptors (Lipinski definition) is 7.